The lowest BCUT2D eigenvalue weighted by atomic mass is 10.3. The molecule has 0 amide bonds. The van der Waals surface area contributed by atoms with Gasteiger partial charge in [-0.25, -0.2) is 13.7 Å². The fourth-order valence-corrected chi connectivity index (χ4v) is 14.6. The standard InChI is InChI=1S/C54H57N3O10P4/c1-7-40-55(41-8-2)69(59,62-46-22-16-13-17-23-46)65-49-28-34-52(35-29-49)68(58,53-36-30-50(31-37-53)66-70(60,56(42-9-3)43-10-4)63-47-24-18-14-19-25-47)54-38-32-51(33-39-54)67-71(61,57(44-11-5)45-12-6)64-48-26-20-15-21-27-48/h7-39H,1-6,40-45H2. The van der Waals surface area contributed by atoms with Gasteiger partial charge in [0.15, 0.2) is 7.14 Å². The number of rotatable bonds is 30. The first kappa shape index (κ1) is 53.7. The molecular formula is C54H57N3O10P4. The maximum absolute atomic E-state index is 16.1. The van der Waals surface area contributed by atoms with E-state index < -0.39 is 30.4 Å². The fourth-order valence-electron chi connectivity index (χ4n) is 6.96. The van der Waals surface area contributed by atoms with Crippen LogP contribution >= 0.6 is 30.4 Å². The molecule has 6 aromatic rings. The van der Waals surface area contributed by atoms with E-state index in [1.807, 2.05) is 18.2 Å². The lowest BCUT2D eigenvalue weighted by molar-refractivity contribution is 0.305. The van der Waals surface area contributed by atoms with Gasteiger partial charge >= 0.3 is 23.2 Å². The van der Waals surface area contributed by atoms with Crippen LogP contribution in [0.2, 0.25) is 0 Å². The maximum atomic E-state index is 16.1. The molecule has 0 bridgehead atoms. The van der Waals surface area contributed by atoms with Crippen molar-refractivity contribution in [3.63, 3.8) is 0 Å². The minimum Gasteiger partial charge on any atom is -0.404 e. The molecule has 0 aromatic heterocycles. The van der Waals surface area contributed by atoms with Crippen LogP contribution in [-0.2, 0) is 18.3 Å². The lowest BCUT2D eigenvalue weighted by Crippen LogP contribution is -2.27. The van der Waals surface area contributed by atoms with Crippen LogP contribution in [0.15, 0.2) is 240 Å². The molecule has 71 heavy (non-hydrogen) atoms. The molecule has 0 saturated heterocycles. The average Bonchev–Trinajstić information content (AvgIpc) is 3.37. The SMILES string of the molecule is C=CCN(CC=C)P(=O)(Oc1ccccc1)Oc1ccc(P(=O)(c2ccc(OP(=O)(Oc3ccccc3)N(CC=C)CC=C)cc2)c2ccc(OP(=O)(Oc3ccccc3)N(CC=C)CC=C)cc2)cc1. The molecule has 0 fully saturated rings. The predicted octanol–water partition coefficient (Wildman–Crippen LogP) is 13.0. The molecule has 0 aliphatic heterocycles. The van der Waals surface area contributed by atoms with E-state index in [2.05, 4.69) is 39.5 Å². The fraction of sp³-hybridized carbons (Fsp3) is 0.111. The Hall–Kier alpha value is -6.64. The van der Waals surface area contributed by atoms with E-state index in [1.54, 1.807) is 182 Å². The summed E-state index contributed by atoms with van der Waals surface area (Å²) in [5.74, 6) is 1.47. The lowest BCUT2D eigenvalue weighted by Gasteiger charge is -2.29. The second kappa shape index (κ2) is 25.5. The summed E-state index contributed by atoms with van der Waals surface area (Å²) >= 11 is 0. The van der Waals surface area contributed by atoms with Gasteiger partial charge in [0.1, 0.15) is 34.5 Å². The summed E-state index contributed by atoms with van der Waals surface area (Å²) in [6.45, 7) is 23.9. The normalized spacial score (nSPS) is 14.5. The van der Waals surface area contributed by atoms with Gasteiger partial charge in [0.2, 0.25) is 0 Å². The number of para-hydroxylation sites is 3. The second-order valence-corrected chi connectivity index (χ2v) is 23.7. The third-order valence-electron chi connectivity index (χ3n) is 10.2. The molecule has 0 aliphatic rings. The Labute approximate surface area is 417 Å². The molecule has 0 saturated carbocycles. The van der Waals surface area contributed by atoms with Crippen molar-refractivity contribution >= 4 is 46.3 Å². The van der Waals surface area contributed by atoms with E-state index in [1.165, 1.54) is 14.0 Å². The molecule has 17 heteroatoms. The molecule has 0 N–H and O–H groups in total. The zero-order chi connectivity index (χ0) is 50.7. The Balaban J connectivity index is 1.41. The van der Waals surface area contributed by atoms with E-state index >= 15 is 4.57 Å². The minimum absolute atomic E-state index is 0.158. The van der Waals surface area contributed by atoms with Crippen molar-refractivity contribution in [2.45, 2.75) is 0 Å². The van der Waals surface area contributed by atoms with Crippen LogP contribution in [0.25, 0.3) is 0 Å². The van der Waals surface area contributed by atoms with Gasteiger partial charge in [-0.2, -0.15) is 14.0 Å². The molecule has 0 spiro atoms. The Morgan fingerprint density at radius 3 is 0.662 bits per heavy atom. The van der Waals surface area contributed by atoms with Crippen molar-refractivity contribution in [3.8, 4) is 34.5 Å². The highest BCUT2D eigenvalue weighted by molar-refractivity contribution is 7.85. The van der Waals surface area contributed by atoms with Gasteiger partial charge in [-0.15, -0.1) is 39.5 Å². The summed E-state index contributed by atoms with van der Waals surface area (Å²) in [5, 5.41) is 1.09. The van der Waals surface area contributed by atoms with Crippen molar-refractivity contribution in [2.75, 3.05) is 39.3 Å². The molecule has 6 rings (SSSR count). The van der Waals surface area contributed by atoms with Gasteiger partial charge in [0.25, 0.3) is 0 Å². The van der Waals surface area contributed by atoms with E-state index in [0.717, 1.165) is 0 Å². The Bertz CT molecular complexity index is 2580. The molecule has 0 heterocycles. The van der Waals surface area contributed by atoms with Gasteiger partial charge in [0.05, 0.1) is 0 Å². The summed E-state index contributed by atoms with van der Waals surface area (Å²) in [7, 11) is -16.2. The molecule has 6 aromatic carbocycles. The summed E-state index contributed by atoms with van der Waals surface area (Å²) in [5.41, 5.74) is 0. The second-order valence-electron chi connectivity index (χ2n) is 15.3. The van der Waals surface area contributed by atoms with Gasteiger partial charge in [-0.3, -0.25) is 0 Å². The van der Waals surface area contributed by atoms with Gasteiger partial charge in [-0.05, 0) is 109 Å². The quantitative estimate of drug-likeness (QED) is 0.0313. The number of hydrogen-bond donors (Lipinski definition) is 0. The van der Waals surface area contributed by atoms with Crippen LogP contribution in [0.1, 0.15) is 0 Å². The third kappa shape index (κ3) is 13.8. The zero-order valence-electron chi connectivity index (χ0n) is 39.3. The first-order chi connectivity index (χ1) is 34.3. The van der Waals surface area contributed by atoms with Crippen LogP contribution in [0.5, 0.6) is 34.5 Å². The van der Waals surface area contributed by atoms with Crippen molar-refractivity contribution in [3.05, 3.63) is 240 Å². The van der Waals surface area contributed by atoms with Crippen molar-refractivity contribution in [2.24, 2.45) is 0 Å². The monoisotopic (exact) mass is 1030 g/mol. The summed E-state index contributed by atoms with van der Waals surface area (Å²) in [6, 6.07) is 45.1. The number of hydrogen-bond acceptors (Lipinski definition) is 10. The number of benzene rings is 6. The van der Waals surface area contributed by atoms with Gasteiger partial charge in [-0.1, -0.05) is 91.1 Å². The van der Waals surface area contributed by atoms with Crippen LogP contribution in [-0.4, -0.2) is 53.3 Å². The Kier molecular flexibility index (Phi) is 19.3. The topological polar surface area (TPSA) is 133 Å². The maximum Gasteiger partial charge on any atom is 0.516 e. The summed E-state index contributed by atoms with van der Waals surface area (Å²) in [6.07, 6.45) is 9.51. The van der Waals surface area contributed by atoms with Gasteiger partial charge in [0, 0.05) is 55.2 Å². The predicted molar refractivity (Wildman–Crippen MR) is 288 cm³/mol. The van der Waals surface area contributed by atoms with E-state index in [-0.39, 0.29) is 56.5 Å². The third-order valence-corrected chi connectivity index (χ3v) is 19.0. The highest BCUT2D eigenvalue weighted by atomic mass is 31.2. The molecule has 13 nitrogen and oxygen atoms in total. The summed E-state index contributed by atoms with van der Waals surface area (Å²) < 4.78 is 101. The first-order valence-electron chi connectivity index (χ1n) is 22.3. The number of nitrogens with zero attached hydrogens (tertiary/aromatic N) is 3. The van der Waals surface area contributed by atoms with Crippen molar-refractivity contribution < 1.29 is 45.4 Å². The minimum atomic E-state index is -4.10. The van der Waals surface area contributed by atoms with Crippen molar-refractivity contribution in [1.29, 1.82) is 0 Å². The molecular weight excluding hydrogens is 975 g/mol. The van der Waals surface area contributed by atoms with Crippen LogP contribution in [0.4, 0.5) is 0 Å². The summed E-state index contributed by atoms with van der Waals surface area (Å²) in [4.78, 5) is 0. The molecule has 368 valence electrons. The molecule has 0 aliphatic carbocycles. The highest BCUT2D eigenvalue weighted by Gasteiger charge is 2.40. The largest absolute Gasteiger partial charge is 0.516 e. The van der Waals surface area contributed by atoms with E-state index in [4.69, 9.17) is 27.1 Å². The van der Waals surface area contributed by atoms with Crippen molar-refractivity contribution in [1.82, 2.24) is 14.0 Å². The van der Waals surface area contributed by atoms with E-state index in [9.17, 15) is 13.7 Å². The van der Waals surface area contributed by atoms with Gasteiger partial charge < -0.3 is 31.7 Å². The molecule has 3 unspecified atom stereocenters. The Morgan fingerprint density at radius 1 is 0.296 bits per heavy atom. The zero-order valence-corrected chi connectivity index (χ0v) is 42.8. The van der Waals surface area contributed by atoms with Crippen LogP contribution in [0.3, 0.4) is 0 Å². The van der Waals surface area contributed by atoms with Crippen LogP contribution in [0, 0.1) is 0 Å². The average molecular weight is 1030 g/mol. The van der Waals surface area contributed by atoms with Crippen LogP contribution < -0.4 is 43.1 Å². The first-order valence-corrected chi connectivity index (χ1v) is 28.5. The van der Waals surface area contributed by atoms with E-state index in [0.29, 0.717) is 33.2 Å². The smallest absolute Gasteiger partial charge is 0.404 e. The molecule has 3 atom stereocenters. The molecule has 0 radical (unpaired) electrons. The highest BCUT2D eigenvalue weighted by Crippen LogP contribution is 2.55. The Morgan fingerprint density at radius 2 is 0.479 bits per heavy atom.